The van der Waals surface area contributed by atoms with Gasteiger partial charge in [-0.1, -0.05) is 35.5 Å². The maximum atomic E-state index is 12.4. The number of rotatable bonds is 6. The van der Waals surface area contributed by atoms with Gasteiger partial charge >= 0.3 is 5.97 Å². The smallest absolute Gasteiger partial charge is 0.330 e. The lowest BCUT2D eigenvalue weighted by molar-refractivity contribution is -0.137. The summed E-state index contributed by atoms with van der Waals surface area (Å²) in [5, 5.41) is 0.565. The molecule has 1 amide bonds. The Morgan fingerprint density at radius 1 is 1.15 bits per heavy atom. The molecule has 26 heavy (non-hydrogen) atoms. The molecule has 0 saturated heterocycles. The zero-order valence-corrected chi connectivity index (χ0v) is 16.4. The van der Waals surface area contributed by atoms with Crippen LogP contribution in [0.15, 0.2) is 58.3 Å². The van der Waals surface area contributed by atoms with Crippen molar-refractivity contribution in [3.05, 3.63) is 64.7 Å². The Hall–Kier alpha value is -2.24. The maximum Gasteiger partial charge on any atom is 0.330 e. The minimum absolute atomic E-state index is 0.0642. The summed E-state index contributed by atoms with van der Waals surface area (Å²) in [7, 11) is 3.44. The van der Waals surface area contributed by atoms with E-state index < -0.39 is 5.97 Å². The fourth-order valence-corrected chi connectivity index (χ4v) is 3.39. The Kier molecular flexibility index (Phi) is 7.30. The average Bonchev–Trinajstić information content (AvgIpc) is 2.62. The number of amides is 1. The van der Waals surface area contributed by atoms with Gasteiger partial charge in [-0.3, -0.25) is 4.79 Å². The van der Waals surface area contributed by atoms with E-state index in [1.54, 1.807) is 50.2 Å². The highest BCUT2D eigenvalue weighted by Gasteiger charge is 2.14. The van der Waals surface area contributed by atoms with E-state index in [9.17, 15) is 9.59 Å². The third kappa shape index (κ3) is 5.38. The van der Waals surface area contributed by atoms with Gasteiger partial charge in [0.15, 0.2) is 0 Å². The Balaban J connectivity index is 2.36. The number of hydrogen-bond acceptors (Lipinski definition) is 4. The molecule has 0 unspecified atom stereocenters. The van der Waals surface area contributed by atoms with Crippen molar-refractivity contribution in [3.63, 3.8) is 0 Å². The van der Waals surface area contributed by atoms with Crippen LogP contribution in [0.1, 0.15) is 22.8 Å². The van der Waals surface area contributed by atoms with E-state index in [2.05, 4.69) is 0 Å². The van der Waals surface area contributed by atoms with Crippen LogP contribution < -0.4 is 0 Å². The van der Waals surface area contributed by atoms with Crippen LogP contribution in [0.5, 0.6) is 0 Å². The van der Waals surface area contributed by atoms with Crippen molar-refractivity contribution in [1.82, 2.24) is 4.90 Å². The predicted molar refractivity (Wildman–Crippen MR) is 106 cm³/mol. The topological polar surface area (TPSA) is 46.6 Å². The summed E-state index contributed by atoms with van der Waals surface area (Å²) in [5.74, 6) is -0.475. The maximum absolute atomic E-state index is 12.4. The molecule has 0 heterocycles. The van der Waals surface area contributed by atoms with Gasteiger partial charge in [0.05, 0.1) is 12.2 Å². The fourth-order valence-electron chi connectivity index (χ4n) is 2.18. The van der Waals surface area contributed by atoms with E-state index in [1.807, 2.05) is 24.3 Å². The van der Waals surface area contributed by atoms with Crippen LogP contribution in [0, 0.1) is 0 Å². The minimum atomic E-state index is -0.411. The lowest BCUT2D eigenvalue weighted by Crippen LogP contribution is -2.22. The molecule has 2 aromatic carbocycles. The van der Waals surface area contributed by atoms with Crippen LogP contribution in [0.4, 0.5) is 0 Å². The molecule has 4 nitrogen and oxygen atoms in total. The van der Waals surface area contributed by atoms with Gasteiger partial charge in [-0.05, 0) is 48.9 Å². The number of nitrogens with zero attached hydrogens (tertiary/aromatic N) is 1. The number of halogens is 1. The first kappa shape index (κ1) is 20.1. The fraction of sp³-hybridized carbons (Fsp3) is 0.200. The average molecular weight is 390 g/mol. The molecule has 2 aromatic rings. The summed E-state index contributed by atoms with van der Waals surface area (Å²) < 4.78 is 4.91. The van der Waals surface area contributed by atoms with Crippen molar-refractivity contribution in [1.29, 1.82) is 0 Å². The zero-order chi connectivity index (χ0) is 19.1. The first-order valence-corrected chi connectivity index (χ1v) is 9.24. The van der Waals surface area contributed by atoms with Crippen LogP contribution in [0.3, 0.4) is 0 Å². The molecule has 2 rings (SSSR count). The highest BCUT2D eigenvalue weighted by molar-refractivity contribution is 7.99. The van der Waals surface area contributed by atoms with Gasteiger partial charge in [0.1, 0.15) is 0 Å². The molecule has 0 spiro atoms. The van der Waals surface area contributed by atoms with Crippen molar-refractivity contribution in [2.45, 2.75) is 16.7 Å². The highest BCUT2D eigenvalue weighted by Crippen LogP contribution is 2.35. The van der Waals surface area contributed by atoms with E-state index in [-0.39, 0.29) is 5.91 Å². The number of carbonyl (C=O) groups excluding carboxylic acids is 2. The zero-order valence-electron chi connectivity index (χ0n) is 14.9. The molecule has 0 N–H and O–H groups in total. The van der Waals surface area contributed by atoms with Gasteiger partial charge in [0.2, 0.25) is 0 Å². The molecule has 0 fully saturated rings. The Morgan fingerprint density at radius 3 is 2.58 bits per heavy atom. The summed E-state index contributed by atoms with van der Waals surface area (Å²) in [6.07, 6.45) is 3.04. The molecule has 6 heteroatoms. The normalized spacial score (nSPS) is 10.8. The van der Waals surface area contributed by atoms with Gasteiger partial charge in [0.25, 0.3) is 5.91 Å². The Bertz CT molecular complexity index is 834. The van der Waals surface area contributed by atoms with Crippen LogP contribution in [-0.4, -0.2) is 37.5 Å². The molecule has 0 aliphatic rings. The molecule has 136 valence electrons. The lowest BCUT2D eigenvalue weighted by atomic mass is 10.2. The first-order valence-electron chi connectivity index (χ1n) is 8.05. The van der Waals surface area contributed by atoms with Crippen molar-refractivity contribution in [3.8, 4) is 0 Å². The second kappa shape index (κ2) is 9.46. The number of carbonyl (C=O) groups is 2. The third-order valence-electron chi connectivity index (χ3n) is 3.40. The second-order valence-electron chi connectivity index (χ2n) is 5.57. The molecule has 0 atom stereocenters. The summed E-state index contributed by atoms with van der Waals surface area (Å²) in [5.41, 5.74) is 1.40. The Morgan fingerprint density at radius 2 is 1.88 bits per heavy atom. The van der Waals surface area contributed by atoms with Gasteiger partial charge in [-0.2, -0.15) is 0 Å². The summed E-state index contributed by atoms with van der Waals surface area (Å²) >= 11 is 7.55. The standard InChI is InChI=1S/C20H20ClNO3S/c1-4-25-19(23)12-9-14-13-15(21)10-11-17(14)26-18-8-6-5-7-16(18)20(24)22(2)3/h5-13H,4H2,1-3H3. The summed E-state index contributed by atoms with van der Waals surface area (Å²) in [6, 6.07) is 12.8. The monoisotopic (exact) mass is 389 g/mol. The van der Waals surface area contributed by atoms with Crippen molar-refractivity contribution in [2.24, 2.45) is 0 Å². The predicted octanol–water partition coefficient (Wildman–Crippen LogP) is 4.77. The molecule has 0 radical (unpaired) electrons. The summed E-state index contributed by atoms with van der Waals surface area (Å²) in [6.45, 7) is 2.07. The van der Waals surface area contributed by atoms with Crippen LogP contribution in [0.2, 0.25) is 5.02 Å². The number of esters is 1. The molecule has 0 aliphatic heterocycles. The van der Waals surface area contributed by atoms with Gasteiger partial charge in [0, 0.05) is 35.0 Å². The van der Waals surface area contributed by atoms with E-state index in [4.69, 9.17) is 16.3 Å². The molecule has 0 aliphatic carbocycles. The van der Waals surface area contributed by atoms with E-state index in [0.717, 1.165) is 15.4 Å². The lowest BCUT2D eigenvalue weighted by Gasteiger charge is -2.14. The van der Waals surface area contributed by atoms with Gasteiger partial charge < -0.3 is 9.64 Å². The van der Waals surface area contributed by atoms with Crippen LogP contribution in [0.25, 0.3) is 6.08 Å². The number of hydrogen-bond donors (Lipinski definition) is 0. The second-order valence-corrected chi connectivity index (χ2v) is 7.09. The molecular formula is C20H20ClNO3S. The van der Waals surface area contributed by atoms with E-state index in [0.29, 0.717) is 17.2 Å². The highest BCUT2D eigenvalue weighted by atomic mass is 35.5. The SMILES string of the molecule is CCOC(=O)C=Cc1cc(Cl)ccc1Sc1ccccc1C(=O)N(C)C. The molecule has 0 bridgehead atoms. The quantitative estimate of drug-likeness (QED) is 0.527. The van der Waals surface area contributed by atoms with Crippen molar-refractivity contribution < 1.29 is 14.3 Å². The summed E-state index contributed by atoms with van der Waals surface area (Å²) in [4.78, 5) is 27.2. The molecule has 0 saturated carbocycles. The minimum Gasteiger partial charge on any atom is -0.463 e. The van der Waals surface area contributed by atoms with Crippen molar-refractivity contribution in [2.75, 3.05) is 20.7 Å². The molecule has 0 aromatic heterocycles. The van der Waals surface area contributed by atoms with E-state index >= 15 is 0 Å². The van der Waals surface area contributed by atoms with E-state index in [1.165, 1.54) is 17.8 Å². The Labute approximate surface area is 162 Å². The van der Waals surface area contributed by atoms with Crippen LogP contribution in [-0.2, 0) is 9.53 Å². The molecular weight excluding hydrogens is 370 g/mol. The van der Waals surface area contributed by atoms with Crippen LogP contribution >= 0.6 is 23.4 Å². The van der Waals surface area contributed by atoms with Crippen molar-refractivity contribution >= 4 is 41.3 Å². The van der Waals surface area contributed by atoms with Gasteiger partial charge in [-0.15, -0.1) is 0 Å². The van der Waals surface area contributed by atoms with Gasteiger partial charge in [-0.25, -0.2) is 4.79 Å². The largest absolute Gasteiger partial charge is 0.463 e. The number of benzene rings is 2. The number of ether oxygens (including phenoxy) is 1. The first-order chi connectivity index (χ1) is 12.4. The third-order valence-corrected chi connectivity index (χ3v) is 4.80.